The van der Waals surface area contributed by atoms with Crippen LogP contribution in [0.3, 0.4) is 0 Å². The number of rotatable bonds is 2. The second kappa shape index (κ2) is 5.48. The van der Waals surface area contributed by atoms with Crippen LogP contribution in [0.1, 0.15) is 38.5 Å². The summed E-state index contributed by atoms with van der Waals surface area (Å²) in [6, 6.07) is 7.47. The van der Waals surface area contributed by atoms with Crippen LogP contribution in [0.2, 0.25) is 0 Å². The van der Waals surface area contributed by atoms with Crippen molar-refractivity contribution in [2.75, 3.05) is 5.73 Å². The van der Waals surface area contributed by atoms with Crippen LogP contribution < -0.4 is 5.73 Å². The molecule has 1 unspecified atom stereocenters. The molecule has 0 heterocycles. The number of benzene rings is 1. The van der Waals surface area contributed by atoms with Crippen LogP contribution in [0, 0.1) is 0 Å². The van der Waals surface area contributed by atoms with Crippen molar-refractivity contribution in [3.05, 3.63) is 24.3 Å². The van der Waals surface area contributed by atoms with Gasteiger partial charge in [-0.3, -0.25) is 4.21 Å². The Morgan fingerprint density at radius 2 is 1.56 bits per heavy atom. The van der Waals surface area contributed by atoms with E-state index >= 15 is 0 Å². The molecule has 1 aromatic rings. The summed E-state index contributed by atoms with van der Waals surface area (Å²) in [4.78, 5) is 0.932. The van der Waals surface area contributed by atoms with Crippen LogP contribution in [0.4, 0.5) is 5.69 Å². The predicted octanol–water partition coefficient (Wildman–Crippen LogP) is 3.10. The van der Waals surface area contributed by atoms with Crippen molar-refractivity contribution in [3.63, 3.8) is 0 Å². The summed E-state index contributed by atoms with van der Waals surface area (Å²) in [6.07, 6.45) is 7.27. The zero-order valence-corrected chi connectivity index (χ0v) is 10.3. The molecule has 0 saturated heterocycles. The van der Waals surface area contributed by atoms with Gasteiger partial charge in [-0.2, -0.15) is 0 Å². The quantitative estimate of drug-likeness (QED) is 0.634. The third kappa shape index (κ3) is 2.85. The molecule has 2 N–H and O–H groups in total. The minimum absolute atomic E-state index is 0.353. The molecule has 1 aromatic carbocycles. The fourth-order valence-electron chi connectivity index (χ4n) is 2.25. The van der Waals surface area contributed by atoms with Crippen molar-refractivity contribution in [2.24, 2.45) is 0 Å². The van der Waals surface area contributed by atoms with E-state index in [2.05, 4.69) is 0 Å². The minimum atomic E-state index is -0.845. The highest BCUT2D eigenvalue weighted by Crippen LogP contribution is 2.25. The van der Waals surface area contributed by atoms with Gasteiger partial charge in [0.05, 0.1) is 10.8 Å². The monoisotopic (exact) mass is 237 g/mol. The van der Waals surface area contributed by atoms with Crippen LogP contribution >= 0.6 is 0 Å². The molecule has 1 saturated carbocycles. The van der Waals surface area contributed by atoms with E-state index in [4.69, 9.17) is 5.73 Å². The number of anilines is 1. The maximum atomic E-state index is 12.3. The maximum Gasteiger partial charge on any atom is 0.0560 e. The smallest absolute Gasteiger partial charge is 0.0560 e. The van der Waals surface area contributed by atoms with E-state index in [9.17, 15) is 4.21 Å². The molecule has 1 aliphatic carbocycles. The van der Waals surface area contributed by atoms with Crippen molar-refractivity contribution >= 4 is 16.5 Å². The second-order valence-corrected chi connectivity index (χ2v) is 6.21. The summed E-state index contributed by atoms with van der Waals surface area (Å²) in [5.41, 5.74) is 6.37. The molecule has 16 heavy (non-hydrogen) atoms. The van der Waals surface area contributed by atoms with Crippen molar-refractivity contribution in [1.29, 1.82) is 0 Å². The summed E-state index contributed by atoms with van der Waals surface area (Å²) >= 11 is 0. The van der Waals surface area contributed by atoms with E-state index in [1.807, 2.05) is 24.3 Å². The molecular weight excluding hydrogens is 218 g/mol. The van der Waals surface area contributed by atoms with Gasteiger partial charge in [-0.05, 0) is 37.1 Å². The Labute approximate surface area is 99.7 Å². The van der Waals surface area contributed by atoms with Crippen molar-refractivity contribution in [2.45, 2.75) is 48.7 Å². The number of nitrogens with two attached hydrogens (primary N) is 1. The Bertz CT molecular complexity index is 353. The Hall–Kier alpha value is -0.830. The van der Waals surface area contributed by atoms with E-state index in [1.54, 1.807) is 0 Å². The number of hydrogen-bond donors (Lipinski definition) is 1. The average molecular weight is 237 g/mol. The van der Waals surface area contributed by atoms with E-state index in [0.717, 1.165) is 23.4 Å². The first-order valence-corrected chi connectivity index (χ1v) is 7.25. The van der Waals surface area contributed by atoms with E-state index in [-0.39, 0.29) is 0 Å². The molecule has 1 aliphatic rings. The SMILES string of the molecule is Nc1ccc(S(=O)C2CCCCCC2)cc1. The van der Waals surface area contributed by atoms with Crippen LogP contribution in [0.15, 0.2) is 29.2 Å². The fraction of sp³-hybridized carbons (Fsp3) is 0.538. The van der Waals surface area contributed by atoms with Gasteiger partial charge in [-0.25, -0.2) is 0 Å². The molecular formula is C13H19NOS. The van der Waals surface area contributed by atoms with Crippen molar-refractivity contribution in [1.82, 2.24) is 0 Å². The maximum absolute atomic E-state index is 12.3. The van der Waals surface area contributed by atoms with Gasteiger partial charge in [0, 0.05) is 15.8 Å². The third-order valence-electron chi connectivity index (χ3n) is 3.22. The summed E-state index contributed by atoms with van der Waals surface area (Å²) in [7, 11) is -0.845. The number of hydrogen-bond acceptors (Lipinski definition) is 2. The normalized spacial score (nSPS) is 20.2. The van der Waals surface area contributed by atoms with Gasteiger partial charge < -0.3 is 5.73 Å². The molecule has 0 radical (unpaired) electrons. The van der Waals surface area contributed by atoms with Gasteiger partial charge in [0.1, 0.15) is 0 Å². The molecule has 2 rings (SSSR count). The Balaban J connectivity index is 2.08. The molecule has 2 nitrogen and oxygen atoms in total. The van der Waals surface area contributed by atoms with Gasteiger partial charge in [0.25, 0.3) is 0 Å². The van der Waals surface area contributed by atoms with Crippen LogP contribution in [-0.2, 0) is 10.8 Å². The van der Waals surface area contributed by atoms with Gasteiger partial charge in [-0.1, -0.05) is 25.7 Å². The van der Waals surface area contributed by atoms with E-state index in [0.29, 0.717) is 5.25 Å². The first-order valence-electron chi connectivity index (χ1n) is 6.03. The lowest BCUT2D eigenvalue weighted by molar-refractivity contribution is 0.642. The van der Waals surface area contributed by atoms with Crippen molar-refractivity contribution < 1.29 is 4.21 Å². The molecule has 1 fully saturated rings. The molecule has 0 bridgehead atoms. The van der Waals surface area contributed by atoms with Crippen LogP contribution in [0.25, 0.3) is 0 Å². The largest absolute Gasteiger partial charge is 0.399 e. The molecule has 0 amide bonds. The summed E-state index contributed by atoms with van der Waals surface area (Å²) in [5.74, 6) is 0. The van der Waals surface area contributed by atoms with E-state index < -0.39 is 10.8 Å². The van der Waals surface area contributed by atoms with Crippen LogP contribution in [0.5, 0.6) is 0 Å². The lowest BCUT2D eigenvalue weighted by Gasteiger charge is -2.13. The summed E-state index contributed by atoms with van der Waals surface area (Å²) in [5, 5.41) is 0.353. The lowest BCUT2D eigenvalue weighted by atomic mass is 10.2. The second-order valence-electron chi connectivity index (χ2n) is 4.48. The number of nitrogen functional groups attached to an aromatic ring is 1. The highest BCUT2D eigenvalue weighted by molar-refractivity contribution is 7.85. The molecule has 0 spiro atoms. The molecule has 88 valence electrons. The minimum Gasteiger partial charge on any atom is -0.399 e. The van der Waals surface area contributed by atoms with E-state index in [1.165, 1.54) is 25.7 Å². The average Bonchev–Trinajstić information content (AvgIpc) is 2.57. The van der Waals surface area contributed by atoms with Gasteiger partial charge in [0.2, 0.25) is 0 Å². The Kier molecular flexibility index (Phi) is 3.99. The highest BCUT2D eigenvalue weighted by atomic mass is 32.2. The fourth-order valence-corrected chi connectivity index (χ4v) is 3.80. The third-order valence-corrected chi connectivity index (χ3v) is 5.03. The first kappa shape index (κ1) is 11.6. The van der Waals surface area contributed by atoms with Crippen molar-refractivity contribution in [3.8, 4) is 0 Å². The highest BCUT2D eigenvalue weighted by Gasteiger charge is 2.19. The topological polar surface area (TPSA) is 43.1 Å². The molecule has 0 aromatic heterocycles. The summed E-state index contributed by atoms with van der Waals surface area (Å²) < 4.78 is 12.3. The zero-order valence-electron chi connectivity index (χ0n) is 9.52. The zero-order chi connectivity index (χ0) is 11.4. The van der Waals surface area contributed by atoms with Crippen LogP contribution in [-0.4, -0.2) is 9.46 Å². The Morgan fingerprint density at radius 1 is 1.00 bits per heavy atom. The van der Waals surface area contributed by atoms with Gasteiger partial charge in [0.15, 0.2) is 0 Å². The summed E-state index contributed by atoms with van der Waals surface area (Å²) in [6.45, 7) is 0. The molecule has 3 heteroatoms. The standard InChI is InChI=1S/C13H19NOS/c14-11-7-9-13(10-8-11)16(15)12-5-3-1-2-4-6-12/h7-10,12H,1-6,14H2. The first-order chi connectivity index (χ1) is 7.77. The lowest BCUT2D eigenvalue weighted by Crippen LogP contribution is -2.14. The van der Waals surface area contributed by atoms with Gasteiger partial charge >= 0.3 is 0 Å². The predicted molar refractivity (Wildman–Crippen MR) is 68.8 cm³/mol. The Morgan fingerprint density at radius 3 is 2.12 bits per heavy atom. The molecule has 0 aliphatic heterocycles. The van der Waals surface area contributed by atoms with Gasteiger partial charge in [-0.15, -0.1) is 0 Å². The molecule has 1 atom stereocenters.